The van der Waals surface area contributed by atoms with Gasteiger partial charge in [-0.15, -0.1) is 0 Å². The molecule has 0 bridgehead atoms. The van der Waals surface area contributed by atoms with Crippen LogP contribution >= 0.6 is 23.2 Å². The van der Waals surface area contributed by atoms with E-state index in [1.165, 1.54) is 4.90 Å². The van der Waals surface area contributed by atoms with E-state index in [9.17, 15) is 9.59 Å². The van der Waals surface area contributed by atoms with Crippen LogP contribution in [0.5, 0.6) is 0 Å². The minimum Gasteiger partial charge on any atom is -0.352 e. The molecule has 124 valence electrons. The molecule has 1 fully saturated rings. The van der Waals surface area contributed by atoms with Crippen LogP contribution in [-0.4, -0.2) is 23.3 Å². The lowest BCUT2D eigenvalue weighted by Crippen LogP contribution is -2.32. The second-order valence-electron chi connectivity index (χ2n) is 5.56. The number of hydrogen-bond acceptors (Lipinski definition) is 3. The van der Waals surface area contributed by atoms with E-state index in [1.54, 1.807) is 30.6 Å². The first-order chi connectivity index (χ1) is 11.6. The van der Waals surface area contributed by atoms with Crippen molar-refractivity contribution >= 4 is 40.7 Å². The fourth-order valence-corrected chi connectivity index (χ4v) is 3.05. The Morgan fingerprint density at radius 3 is 2.88 bits per heavy atom. The number of anilines is 1. The van der Waals surface area contributed by atoms with Crippen LogP contribution in [0.1, 0.15) is 12.0 Å². The van der Waals surface area contributed by atoms with Gasteiger partial charge in [0, 0.05) is 31.9 Å². The van der Waals surface area contributed by atoms with Crippen LogP contribution in [0.2, 0.25) is 10.0 Å². The summed E-state index contributed by atoms with van der Waals surface area (Å²) in [5.74, 6) is -0.710. The summed E-state index contributed by atoms with van der Waals surface area (Å²) in [5, 5.41) is 3.55. The summed E-state index contributed by atoms with van der Waals surface area (Å²) < 4.78 is 0. The number of benzene rings is 1. The van der Waals surface area contributed by atoms with Gasteiger partial charge in [0.2, 0.25) is 11.8 Å². The molecule has 0 spiro atoms. The van der Waals surface area contributed by atoms with Crippen LogP contribution in [-0.2, 0) is 16.1 Å². The topological polar surface area (TPSA) is 62.3 Å². The fourth-order valence-electron chi connectivity index (χ4n) is 2.65. The van der Waals surface area contributed by atoms with E-state index in [2.05, 4.69) is 10.3 Å². The van der Waals surface area contributed by atoms with Crippen LogP contribution in [0.3, 0.4) is 0 Å². The fraction of sp³-hybridized carbons (Fsp3) is 0.235. The predicted octanol–water partition coefficient (Wildman–Crippen LogP) is 3.06. The number of nitrogens with zero attached hydrogens (tertiary/aromatic N) is 2. The average molecular weight is 364 g/mol. The van der Waals surface area contributed by atoms with E-state index >= 15 is 0 Å². The summed E-state index contributed by atoms with van der Waals surface area (Å²) in [6.45, 7) is 0.674. The molecule has 3 rings (SSSR count). The highest BCUT2D eigenvalue weighted by Gasteiger charge is 2.36. The molecule has 1 saturated heterocycles. The van der Waals surface area contributed by atoms with Crippen molar-refractivity contribution in [1.29, 1.82) is 0 Å². The van der Waals surface area contributed by atoms with Gasteiger partial charge < -0.3 is 10.2 Å². The number of carbonyl (C=O) groups excluding carboxylic acids is 2. The SMILES string of the molecule is O=C(NCc1cccnc1)C1CC(=O)N(c2cccc(Cl)c2Cl)C1. The Morgan fingerprint density at radius 2 is 2.12 bits per heavy atom. The molecule has 1 aromatic carbocycles. The molecule has 0 saturated carbocycles. The van der Waals surface area contributed by atoms with Crippen molar-refractivity contribution in [2.75, 3.05) is 11.4 Å². The molecule has 2 heterocycles. The van der Waals surface area contributed by atoms with Gasteiger partial charge in [-0.05, 0) is 23.8 Å². The van der Waals surface area contributed by atoms with Crippen LogP contribution in [0.15, 0.2) is 42.7 Å². The maximum Gasteiger partial charge on any atom is 0.227 e. The zero-order valence-corrected chi connectivity index (χ0v) is 14.2. The Kier molecular flexibility index (Phi) is 5.02. The number of halogens is 2. The van der Waals surface area contributed by atoms with Gasteiger partial charge in [0.1, 0.15) is 0 Å². The molecule has 5 nitrogen and oxygen atoms in total. The number of amides is 2. The summed E-state index contributed by atoms with van der Waals surface area (Å²) >= 11 is 12.2. The molecule has 1 aromatic heterocycles. The second-order valence-corrected chi connectivity index (χ2v) is 6.34. The van der Waals surface area contributed by atoms with Gasteiger partial charge in [0.15, 0.2) is 0 Å². The Hall–Kier alpha value is -2.11. The Balaban J connectivity index is 1.66. The Bertz CT molecular complexity index is 768. The first-order valence-electron chi connectivity index (χ1n) is 7.47. The highest BCUT2D eigenvalue weighted by Crippen LogP contribution is 2.35. The lowest BCUT2D eigenvalue weighted by atomic mass is 10.1. The third-order valence-corrected chi connectivity index (χ3v) is 4.72. The van der Waals surface area contributed by atoms with E-state index in [1.807, 2.05) is 12.1 Å². The van der Waals surface area contributed by atoms with Gasteiger partial charge >= 0.3 is 0 Å². The van der Waals surface area contributed by atoms with E-state index in [-0.39, 0.29) is 24.8 Å². The van der Waals surface area contributed by atoms with Gasteiger partial charge in [-0.2, -0.15) is 0 Å². The smallest absolute Gasteiger partial charge is 0.227 e. The maximum absolute atomic E-state index is 12.3. The van der Waals surface area contributed by atoms with Crippen molar-refractivity contribution in [2.45, 2.75) is 13.0 Å². The van der Waals surface area contributed by atoms with Crippen LogP contribution in [0.4, 0.5) is 5.69 Å². The van der Waals surface area contributed by atoms with E-state index in [0.29, 0.717) is 22.3 Å². The summed E-state index contributed by atoms with van der Waals surface area (Å²) in [6, 6.07) is 8.80. The first-order valence-corrected chi connectivity index (χ1v) is 8.23. The molecular weight excluding hydrogens is 349 g/mol. The van der Waals surface area contributed by atoms with Gasteiger partial charge in [0.05, 0.1) is 21.7 Å². The summed E-state index contributed by atoms with van der Waals surface area (Å²) in [7, 11) is 0. The number of carbonyl (C=O) groups is 2. The second kappa shape index (κ2) is 7.20. The molecule has 0 aliphatic carbocycles. The molecule has 1 atom stereocenters. The van der Waals surface area contributed by atoms with E-state index in [4.69, 9.17) is 23.2 Å². The molecule has 7 heteroatoms. The first kappa shape index (κ1) is 16.7. The van der Waals surface area contributed by atoms with Gasteiger partial charge in [0.25, 0.3) is 0 Å². The summed E-state index contributed by atoms with van der Waals surface area (Å²) in [5.41, 5.74) is 1.45. The highest BCUT2D eigenvalue weighted by atomic mass is 35.5. The molecule has 1 aliphatic heterocycles. The van der Waals surface area contributed by atoms with Crippen LogP contribution in [0.25, 0.3) is 0 Å². The molecule has 0 radical (unpaired) electrons. The molecule has 1 N–H and O–H groups in total. The molecule has 2 aromatic rings. The zero-order valence-electron chi connectivity index (χ0n) is 12.7. The van der Waals surface area contributed by atoms with Crippen molar-refractivity contribution in [1.82, 2.24) is 10.3 Å². The molecule has 2 amide bonds. The Labute approximate surface area is 149 Å². The van der Waals surface area contributed by atoms with Crippen LogP contribution in [0, 0.1) is 5.92 Å². The number of pyridine rings is 1. The zero-order chi connectivity index (χ0) is 17.1. The third-order valence-electron chi connectivity index (χ3n) is 3.91. The predicted molar refractivity (Wildman–Crippen MR) is 93.0 cm³/mol. The lowest BCUT2D eigenvalue weighted by molar-refractivity contribution is -0.126. The van der Waals surface area contributed by atoms with Crippen molar-refractivity contribution in [3.63, 3.8) is 0 Å². The monoisotopic (exact) mass is 363 g/mol. The Morgan fingerprint density at radius 1 is 1.29 bits per heavy atom. The summed E-state index contributed by atoms with van der Waals surface area (Å²) in [4.78, 5) is 30.1. The number of rotatable bonds is 4. The minimum atomic E-state index is -0.413. The maximum atomic E-state index is 12.3. The van der Waals surface area contributed by atoms with Crippen molar-refractivity contribution < 1.29 is 9.59 Å². The van der Waals surface area contributed by atoms with Gasteiger partial charge in [-0.25, -0.2) is 0 Å². The molecule has 1 aliphatic rings. The average Bonchev–Trinajstić information content (AvgIpc) is 2.98. The number of hydrogen-bond donors (Lipinski definition) is 1. The van der Waals surface area contributed by atoms with Crippen molar-refractivity contribution in [3.05, 3.63) is 58.3 Å². The van der Waals surface area contributed by atoms with Crippen LogP contribution < -0.4 is 10.2 Å². The number of aromatic nitrogens is 1. The summed E-state index contributed by atoms with van der Waals surface area (Å²) in [6.07, 6.45) is 3.52. The van der Waals surface area contributed by atoms with E-state index < -0.39 is 5.92 Å². The lowest BCUT2D eigenvalue weighted by Gasteiger charge is -2.18. The van der Waals surface area contributed by atoms with Crippen molar-refractivity contribution in [2.24, 2.45) is 5.92 Å². The molecule has 24 heavy (non-hydrogen) atoms. The quantitative estimate of drug-likeness (QED) is 0.907. The standard InChI is InChI=1S/C17H15Cl2N3O2/c18-13-4-1-5-14(16(13)19)22-10-12(7-15(22)23)17(24)21-9-11-3-2-6-20-8-11/h1-6,8,12H,7,9-10H2,(H,21,24). The number of nitrogens with one attached hydrogen (secondary N) is 1. The van der Waals surface area contributed by atoms with E-state index in [0.717, 1.165) is 5.56 Å². The van der Waals surface area contributed by atoms with Gasteiger partial charge in [-0.3, -0.25) is 14.6 Å². The molecule has 1 unspecified atom stereocenters. The normalized spacial score (nSPS) is 17.2. The van der Waals surface area contributed by atoms with Crippen molar-refractivity contribution in [3.8, 4) is 0 Å². The third kappa shape index (κ3) is 3.52. The molecular formula is C17H15Cl2N3O2. The minimum absolute atomic E-state index is 0.138. The van der Waals surface area contributed by atoms with Gasteiger partial charge in [-0.1, -0.05) is 35.3 Å². The largest absolute Gasteiger partial charge is 0.352 e. The highest BCUT2D eigenvalue weighted by molar-refractivity contribution is 6.44.